The summed E-state index contributed by atoms with van der Waals surface area (Å²) in [6, 6.07) is 34.4. The minimum Gasteiger partial charge on any atom is -0.504 e. The molecule has 61 heavy (non-hydrogen) atoms. The van der Waals surface area contributed by atoms with Gasteiger partial charge in [0.15, 0.2) is 11.5 Å². The summed E-state index contributed by atoms with van der Waals surface area (Å²) in [7, 11) is -2.62. The number of aromatic hydroxyl groups is 1. The highest BCUT2D eigenvalue weighted by Crippen LogP contribution is 2.52. The zero-order valence-electron chi connectivity index (χ0n) is 34.8. The summed E-state index contributed by atoms with van der Waals surface area (Å²) in [4.78, 5) is 36.0. The molecule has 9 nitrogen and oxygen atoms in total. The van der Waals surface area contributed by atoms with Crippen LogP contribution in [0.25, 0.3) is 11.6 Å². The molecule has 2 N–H and O–H groups in total. The summed E-state index contributed by atoms with van der Waals surface area (Å²) in [5, 5.41) is 26.1. The highest BCUT2D eigenvalue weighted by atomic mass is 127. The van der Waals surface area contributed by atoms with Crippen LogP contribution in [-0.2, 0) is 25.2 Å². The number of phenols is 1. The van der Waals surface area contributed by atoms with Gasteiger partial charge in [0.2, 0.25) is 11.8 Å². The van der Waals surface area contributed by atoms with Gasteiger partial charge in [-0.3, -0.25) is 19.5 Å². The van der Waals surface area contributed by atoms with Crippen molar-refractivity contribution >= 4 is 83.2 Å². The highest BCUT2D eigenvalue weighted by Gasteiger charge is 2.58. The van der Waals surface area contributed by atoms with Gasteiger partial charge < -0.3 is 23.9 Å². The molecule has 8 rings (SSSR count). The summed E-state index contributed by atoms with van der Waals surface area (Å²) >= 11 is 3.63. The molecule has 4 atom stereocenters. The summed E-state index contributed by atoms with van der Waals surface area (Å²) in [6.45, 7) is 7.23. The number of pyridine rings is 1. The molecule has 2 saturated heterocycles. The number of rotatable bonds is 13. The maximum Gasteiger partial charge on any atom is 0.455 e. The molecule has 0 spiro atoms. The van der Waals surface area contributed by atoms with Crippen LogP contribution < -0.4 is 15.1 Å². The maximum absolute atomic E-state index is 14.5. The number of likely N-dealkylation sites (tertiary alicyclic amines) is 1. The van der Waals surface area contributed by atoms with E-state index >= 15 is 0 Å². The molecule has 5 aromatic rings. The lowest BCUT2D eigenvalue weighted by molar-refractivity contribution is -0.140. The van der Waals surface area contributed by atoms with Gasteiger partial charge in [0.25, 0.3) is 8.32 Å². The SMILES string of the molecule is COc1cc(/C=C(/CC[C@H]2OB(O)C[C@H]3C2=C(CO[Si](c2ccccc2)(c2ccccc2)C(C)(C)C)C[C@H]2C(=O)N(Cc4cccs4)C(=O)[C@H]23)c2ccccn2)cc(I)c1O. The Morgan fingerprint density at radius 2 is 1.69 bits per heavy atom. The number of hydrogen-bond donors (Lipinski definition) is 2. The van der Waals surface area contributed by atoms with Gasteiger partial charge in [0.05, 0.1) is 47.5 Å². The number of thiophene rings is 1. The Kier molecular flexibility index (Phi) is 12.9. The monoisotopic (exact) mass is 964 g/mol. The number of phenolic OH excluding ortho intramolecular Hbond substituents is 1. The van der Waals surface area contributed by atoms with Crippen molar-refractivity contribution in [2.24, 2.45) is 17.8 Å². The van der Waals surface area contributed by atoms with Crippen LogP contribution >= 0.6 is 33.9 Å². The largest absolute Gasteiger partial charge is 0.504 e. The van der Waals surface area contributed by atoms with E-state index in [2.05, 4.69) is 91.9 Å². The van der Waals surface area contributed by atoms with Crippen molar-refractivity contribution in [2.75, 3.05) is 13.7 Å². The number of hydrogen-bond acceptors (Lipinski definition) is 9. The van der Waals surface area contributed by atoms with Crippen LogP contribution in [0, 0.1) is 21.3 Å². The Morgan fingerprint density at radius 1 is 0.984 bits per heavy atom. The van der Waals surface area contributed by atoms with Crippen LogP contribution in [0.15, 0.2) is 126 Å². The van der Waals surface area contributed by atoms with Crippen molar-refractivity contribution in [1.82, 2.24) is 9.88 Å². The first-order chi connectivity index (χ1) is 29.4. The van der Waals surface area contributed by atoms with E-state index in [0.29, 0.717) is 28.6 Å². The summed E-state index contributed by atoms with van der Waals surface area (Å²) in [5.41, 5.74) is 4.48. The third-order valence-corrected chi connectivity index (χ3v) is 19.1. The number of halogens is 1. The molecule has 3 aliphatic rings. The van der Waals surface area contributed by atoms with Crippen LogP contribution in [-0.4, -0.2) is 67.1 Å². The van der Waals surface area contributed by atoms with E-state index in [0.717, 1.165) is 43.2 Å². The van der Waals surface area contributed by atoms with E-state index in [-0.39, 0.29) is 42.1 Å². The second-order valence-corrected chi connectivity index (χ2v) is 23.6. The summed E-state index contributed by atoms with van der Waals surface area (Å²) in [5.74, 6) is -1.49. The van der Waals surface area contributed by atoms with E-state index in [1.54, 1.807) is 12.3 Å². The van der Waals surface area contributed by atoms with E-state index in [9.17, 15) is 19.7 Å². The molecule has 2 aliphatic heterocycles. The minimum atomic E-state index is -3.02. The highest BCUT2D eigenvalue weighted by molar-refractivity contribution is 14.1. The third kappa shape index (κ3) is 8.57. The van der Waals surface area contributed by atoms with Gasteiger partial charge in [0.1, 0.15) is 0 Å². The number of imide groups is 1. The van der Waals surface area contributed by atoms with Crippen molar-refractivity contribution in [1.29, 1.82) is 0 Å². The minimum absolute atomic E-state index is 0.0829. The lowest BCUT2D eigenvalue weighted by Crippen LogP contribution is -2.66. The quantitative estimate of drug-likeness (QED) is 0.0524. The predicted molar refractivity (Wildman–Crippen MR) is 252 cm³/mol. The standard InChI is InChI=1S/C48H50BIN2O7SSi/c1-48(2,3)61(35-15-7-5-8-16-35,36-17-9-6-10-18-36)58-30-33-27-37-44(47(55)52(46(37)54)29-34-14-13-23-60-34)38-28-49(56)59-41(43(33)38)21-20-32(40-19-11-12-22-51-40)24-31-25-39(50)45(53)42(26-31)57-4/h5-19,22-26,37-38,41,44,53,56H,20-21,27-30H2,1-4H3/b32-24-/t37-,38+,41-,44-/m1/s1. The lowest BCUT2D eigenvalue weighted by atomic mass is 9.58. The number of methoxy groups -OCH3 is 1. The van der Waals surface area contributed by atoms with Crippen LogP contribution in [0.2, 0.25) is 11.4 Å². The van der Waals surface area contributed by atoms with Crippen molar-refractivity contribution < 1.29 is 33.5 Å². The number of aromatic nitrogens is 1. The molecule has 314 valence electrons. The molecular weight excluding hydrogens is 914 g/mol. The van der Waals surface area contributed by atoms with Crippen LogP contribution in [0.4, 0.5) is 0 Å². The van der Waals surface area contributed by atoms with Crippen molar-refractivity contribution in [2.45, 2.75) is 64.0 Å². The van der Waals surface area contributed by atoms with E-state index in [1.807, 2.05) is 60.0 Å². The molecule has 1 aliphatic carbocycles. The van der Waals surface area contributed by atoms with Crippen LogP contribution in [0.1, 0.15) is 56.2 Å². The van der Waals surface area contributed by atoms with Crippen molar-refractivity contribution in [3.8, 4) is 11.5 Å². The van der Waals surface area contributed by atoms with Gasteiger partial charge in [-0.1, -0.05) is 93.6 Å². The molecule has 0 unspecified atom stereocenters. The predicted octanol–water partition coefficient (Wildman–Crippen LogP) is 8.36. The summed E-state index contributed by atoms with van der Waals surface area (Å²) < 4.78 is 20.2. The van der Waals surface area contributed by atoms with Crippen molar-refractivity contribution in [3.63, 3.8) is 0 Å². The number of carbonyl (C=O) groups is 2. The first kappa shape index (κ1) is 43.3. The number of allylic oxidation sites excluding steroid dienone is 1. The van der Waals surface area contributed by atoms with Gasteiger partial charge in [-0.25, -0.2) is 0 Å². The molecule has 0 saturated carbocycles. The molecule has 0 radical (unpaired) electrons. The van der Waals surface area contributed by atoms with E-state index in [4.69, 9.17) is 18.8 Å². The average molecular weight is 965 g/mol. The van der Waals surface area contributed by atoms with Gasteiger partial charge in [-0.15, -0.1) is 11.3 Å². The Balaban J connectivity index is 1.22. The molecule has 2 fully saturated rings. The number of amides is 2. The molecule has 13 heteroatoms. The smallest absolute Gasteiger partial charge is 0.455 e. The Bertz CT molecular complexity index is 2390. The maximum atomic E-state index is 14.5. The van der Waals surface area contributed by atoms with Gasteiger partial charge >= 0.3 is 7.12 Å². The van der Waals surface area contributed by atoms with Gasteiger partial charge in [0, 0.05) is 11.1 Å². The zero-order chi connectivity index (χ0) is 42.9. The molecular formula is C48H50BIN2O7SSi. The number of benzene rings is 3. The normalized spacial score (nSPS) is 20.9. The van der Waals surface area contributed by atoms with Crippen LogP contribution in [0.3, 0.4) is 0 Å². The Hall–Kier alpha value is -4.38. The first-order valence-corrected chi connectivity index (χ1v) is 24.6. The Morgan fingerprint density at radius 3 is 2.31 bits per heavy atom. The average Bonchev–Trinajstić information content (AvgIpc) is 3.86. The Labute approximate surface area is 376 Å². The number of nitrogens with zero attached hydrogens (tertiary/aromatic N) is 2. The number of fused-ring (bicyclic) bond motifs is 3. The first-order valence-electron chi connectivity index (χ1n) is 20.8. The second kappa shape index (κ2) is 18.1. The molecule has 4 heterocycles. The van der Waals surface area contributed by atoms with E-state index < -0.39 is 39.3 Å². The van der Waals surface area contributed by atoms with Gasteiger partial charge in [-0.05, 0) is 134 Å². The molecule has 0 bridgehead atoms. The number of carbonyl (C=O) groups excluding carboxylic acids is 2. The fourth-order valence-corrected chi connectivity index (χ4v) is 15.6. The molecule has 3 aromatic carbocycles. The van der Waals surface area contributed by atoms with Crippen molar-refractivity contribution in [3.05, 3.63) is 146 Å². The summed E-state index contributed by atoms with van der Waals surface area (Å²) in [6.07, 6.45) is 4.79. The topological polar surface area (TPSA) is 118 Å². The second-order valence-electron chi connectivity index (χ2n) is 17.1. The molecule has 2 aromatic heterocycles. The third-order valence-electron chi connectivity index (χ3n) is 12.5. The molecule has 2 amide bonds. The van der Waals surface area contributed by atoms with Crippen LogP contribution in [0.5, 0.6) is 11.5 Å². The fourth-order valence-electron chi connectivity index (χ4n) is 9.78. The lowest BCUT2D eigenvalue weighted by Gasteiger charge is -2.46. The zero-order valence-corrected chi connectivity index (χ0v) is 38.8. The van der Waals surface area contributed by atoms with E-state index in [1.165, 1.54) is 23.3 Å². The fraction of sp³-hybridized carbons (Fsp3) is 0.312. The van der Waals surface area contributed by atoms with Gasteiger partial charge in [-0.2, -0.15) is 0 Å². The number of ether oxygens (including phenoxy) is 1.